The number of rotatable bonds is 11. The smallest absolute Gasteiger partial charge is 1.00 e. The van der Waals surface area contributed by atoms with Crippen LogP contribution in [0.4, 0.5) is 0 Å². The van der Waals surface area contributed by atoms with Crippen molar-refractivity contribution < 1.29 is 129 Å². The zero-order valence-electron chi connectivity index (χ0n) is 42.4. The van der Waals surface area contributed by atoms with Gasteiger partial charge in [0.1, 0.15) is 30.5 Å². The van der Waals surface area contributed by atoms with Crippen molar-refractivity contribution in [2.75, 3.05) is 14.2 Å². The number of alkyl halides is 1. The van der Waals surface area contributed by atoms with E-state index in [-0.39, 0.29) is 123 Å². The third-order valence-corrected chi connectivity index (χ3v) is 13.1. The molecule has 33 heteroatoms. The first-order valence-electron chi connectivity index (χ1n) is 21.0. The fourth-order valence-corrected chi connectivity index (χ4v) is 8.86. The van der Waals surface area contributed by atoms with Gasteiger partial charge in [-0.25, -0.2) is 44.3 Å². The topological polar surface area (TPSA) is 275 Å². The maximum Gasteiger partial charge on any atom is 1.00 e. The summed E-state index contributed by atoms with van der Waals surface area (Å²) in [6, 6.07) is 29.2. The van der Waals surface area contributed by atoms with E-state index >= 15 is 0 Å². The number of H-pyrrole nitrogens is 1. The summed E-state index contributed by atoms with van der Waals surface area (Å²) < 4.78 is 15.7. The zero-order valence-corrected chi connectivity index (χ0v) is 54.0. The Bertz CT molecular complexity index is 3490. The van der Waals surface area contributed by atoms with Gasteiger partial charge in [-0.05, 0) is 84.5 Å². The van der Waals surface area contributed by atoms with Crippen LogP contribution in [0.2, 0.25) is 0 Å². The van der Waals surface area contributed by atoms with Crippen LogP contribution >= 0.6 is 93.6 Å². The second-order valence-electron chi connectivity index (χ2n) is 13.7. The number of hydrogen-bond acceptors (Lipinski definition) is 21. The number of carbonyl (C=O) groups is 1. The van der Waals surface area contributed by atoms with Crippen LogP contribution < -0.4 is 135 Å². The fourth-order valence-electron chi connectivity index (χ4n) is 5.64. The van der Waals surface area contributed by atoms with E-state index in [9.17, 15) is 14.4 Å². The number of thioether (sulfide) groups is 1. The molecule has 0 saturated carbocycles. The first-order chi connectivity index (χ1) is 36.9. The van der Waals surface area contributed by atoms with E-state index in [1.165, 1.54) is 12.7 Å². The Kier molecular flexibility index (Phi) is 32.2. The van der Waals surface area contributed by atoms with Gasteiger partial charge in [0.2, 0.25) is 0 Å². The normalized spacial score (nSPS) is 9.74. The van der Waals surface area contributed by atoms with Crippen molar-refractivity contribution in [2.24, 2.45) is 0 Å². The number of benzene rings is 2. The van der Waals surface area contributed by atoms with E-state index < -0.39 is 17.1 Å². The summed E-state index contributed by atoms with van der Waals surface area (Å²) in [6.45, 7) is 1.75. The molecular formula is C45H39Cl4K2N15O8S4. The van der Waals surface area contributed by atoms with Gasteiger partial charge < -0.3 is 21.0 Å². The van der Waals surface area contributed by atoms with Crippen molar-refractivity contribution >= 4 is 100 Å². The van der Waals surface area contributed by atoms with Gasteiger partial charge in [-0.15, -0.1) is 56.7 Å². The van der Waals surface area contributed by atoms with Gasteiger partial charge in [0.15, 0.2) is 21.6 Å². The number of methoxy groups -OCH3 is 2. The molecule has 78 heavy (non-hydrogen) atoms. The number of nitrogens with zero attached hydrogens (tertiary/aromatic N) is 14. The molecule has 0 spiro atoms. The third kappa shape index (κ3) is 20.1. The Morgan fingerprint density at radius 3 is 1.55 bits per heavy atom. The molecule has 1 N–H and O–H groups in total. The predicted molar refractivity (Wildman–Crippen MR) is 291 cm³/mol. The Morgan fingerprint density at radius 1 is 0.679 bits per heavy atom. The standard InChI is InChI=1S/C18H15N5OS2.C13H11N3OS2.C5H5ClN2.C5H6N2.C3Cl3N3O3.CH2O3.2K.H/c1-24-15-6-3-2-5-14(15)23-17(16-7-4-10-25-16)21-22-18(23)26-11-13-8-9-19-12-20-13;1-17-10-6-3-2-5-9(10)16-12(14-15-13(16)18)11-7-4-8-19-11;6-3-5-1-2-7-4-8-5;1-5-2-3-6-4-7-5;4-7-1(10)8(5)3(12)9(6)2(7)11;2-1-4-3;;;/h2-10,12H,11H2,1H3;2-8H,1H3,(H,15,18);1-2,4H,3H2;2-4H,1H3;;1,3H;;;/q;;;;;;2*+1;-1/p-1. The fraction of sp³-hybridized carbons (Fsp3) is 0.111. The van der Waals surface area contributed by atoms with Gasteiger partial charge in [0, 0.05) is 65.4 Å². The van der Waals surface area contributed by atoms with Crippen molar-refractivity contribution in [1.82, 2.24) is 71.7 Å². The van der Waals surface area contributed by atoms with Crippen LogP contribution in [0.5, 0.6) is 11.5 Å². The summed E-state index contributed by atoms with van der Waals surface area (Å²) in [6.07, 6.45) is 9.71. The summed E-state index contributed by atoms with van der Waals surface area (Å²) in [5.41, 5.74) is 1.12. The molecule has 0 bridgehead atoms. The average molecular weight is 1270 g/mol. The predicted octanol–water partition coefficient (Wildman–Crippen LogP) is 1.49. The van der Waals surface area contributed by atoms with E-state index in [0.29, 0.717) is 16.4 Å². The van der Waals surface area contributed by atoms with Crippen LogP contribution in [0.3, 0.4) is 0 Å². The minimum Gasteiger partial charge on any atom is -1.00 e. The molecule has 10 rings (SSSR count). The van der Waals surface area contributed by atoms with Crippen molar-refractivity contribution in [1.29, 1.82) is 0 Å². The number of ether oxygens (including phenoxy) is 2. The molecule has 10 aromatic rings. The minimum atomic E-state index is -1.16. The summed E-state index contributed by atoms with van der Waals surface area (Å²) in [7, 11) is 3.31. The number of hydrogen-bond donors (Lipinski definition) is 1. The summed E-state index contributed by atoms with van der Waals surface area (Å²) in [5.74, 6) is 4.27. The largest absolute Gasteiger partial charge is 1.00 e. The molecule has 0 aliphatic heterocycles. The number of aromatic nitrogens is 15. The SMILES string of the molecule is COc1ccccc1-n1c(-c2cccs2)n[nH]c1=S.COc1ccccc1-n1c(SCc2ccncn2)nnc1-c1cccs1.Cc1ccncn1.ClCc1ccncn1.O=CO[O-].O=c1n(Cl)c(=O)n(Cl)c(=O)n1Cl.[H-].[K+].[K+]. The van der Waals surface area contributed by atoms with Gasteiger partial charge in [0.25, 0.3) is 6.47 Å². The quantitative estimate of drug-likeness (QED) is 0.0365. The Labute approximate surface area is 567 Å². The number of thiophene rings is 2. The van der Waals surface area contributed by atoms with Crippen LogP contribution in [0.15, 0.2) is 159 Å². The van der Waals surface area contributed by atoms with E-state index in [2.05, 4.69) is 55.2 Å². The van der Waals surface area contributed by atoms with Gasteiger partial charge >= 0.3 is 120 Å². The number of aromatic amines is 1. The van der Waals surface area contributed by atoms with E-state index in [4.69, 9.17) is 78.7 Å². The van der Waals surface area contributed by atoms with Crippen molar-refractivity contribution in [3.63, 3.8) is 0 Å². The van der Waals surface area contributed by atoms with Gasteiger partial charge in [-0.3, -0.25) is 19.0 Å². The molecule has 0 unspecified atom stereocenters. The van der Waals surface area contributed by atoms with E-state index in [1.54, 1.807) is 79.6 Å². The molecule has 0 aliphatic carbocycles. The number of carbonyl (C=O) groups excluding carboxylic acids is 1. The molecule has 0 fully saturated rings. The van der Waals surface area contributed by atoms with Crippen LogP contribution in [-0.2, 0) is 21.3 Å². The van der Waals surface area contributed by atoms with Crippen LogP contribution in [0.1, 0.15) is 18.5 Å². The van der Waals surface area contributed by atoms with Gasteiger partial charge in [0.05, 0.1) is 52.6 Å². The molecule has 0 atom stereocenters. The van der Waals surface area contributed by atoms with Crippen LogP contribution in [0, 0.1) is 11.7 Å². The monoisotopic (exact) mass is 1260 g/mol. The molecule has 0 radical (unpaired) electrons. The molecule has 8 heterocycles. The number of halogens is 4. The molecule has 2 aromatic carbocycles. The first-order valence-corrected chi connectivity index (χ1v) is 25.7. The van der Waals surface area contributed by atoms with Gasteiger partial charge in [-0.2, -0.15) is 5.10 Å². The number of nitrogens with one attached hydrogen (secondary N) is 1. The second kappa shape index (κ2) is 36.9. The summed E-state index contributed by atoms with van der Waals surface area (Å²) in [4.78, 5) is 69.0. The van der Waals surface area contributed by atoms with Gasteiger partial charge in [-0.1, -0.05) is 48.2 Å². The Balaban J connectivity index is 0.000000354. The molecule has 23 nitrogen and oxygen atoms in total. The van der Waals surface area contributed by atoms with Crippen molar-refractivity contribution in [3.05, 3.63) is 193 Å². The van der Waals surface area contributed by atoms with E-state index in [1.807, 2.05) is 112 Å². The first kappa shape index (κ1) is 68.1. The number of aryl methyl sites for hydroxylation is 1. The maximum atomic E-state index is 10.8. The molecule has 0 amide bonds. The maximum absolute atomic E-state index is 10.8. The van der Waals surface area contributed by atoms with Crippen LogP contribution in [0.25, 0.3) is 32.8 Å². The van der Waals surface area contributed by atoms with Crippen LogP contribution in [-0.4, -0.2) is 92.4 Å². The van der Waals surface area contributed by atoms with Crippen molar-refractivity contribution in [2.45, 2.75) is 23.7 Å². The summed E-state index contributed by atoms with van der Waals surface area (Å²) in [5, 5.41) is 29.3. The Morgan fingerprint density at radius 2 is 1.15 bits per heavy atom. The molecule has 8 aromatic heterocycles. The molecular weight excluding hydrogens is 1230 g/mol. The molecule has 396 valence electrons. The summed E-state index contributed by atoms with van der Waals surface area (Å²) >= 11 is 30.9. The average Bonchev–Trinajstić information content (AvgIpc) is 4.44. The third-order valence-electron chi connectivity index (χ3n) is 8.99. The number of para-hydroxylation sites is 4. The second-order valence-corrected chi connectivity index (χ2v) is 18.2. The molecule has 0 aliphatic rings. The minimum absolute atomic E-state index is 0. The zero-order chi connectivity index (χ0) is 54.8. The Hall–Kier alpha value is -4.20. The molecule has 0 saturated heterocycles. The van der Waals surface area contributed by atoms with Crippen molar-refractivity contribution in [3.8, 4) is 44.3 Å². The van der Waals surface area contributed by atoms with E-state index in [0.717, 1.165) is 66.5 Å².